The Bertz CT molecular complexity index is 1270. The lowest BCUT2D eigenvalue weighted by atomic mass is 10.0. The maximum Gasteiger partial charge on any atom is 0.306 e. The highest BCUT2D eigenvalue weighted by molar-refractivity contribution is 5.71. The molecule has 0 aliphatic carbocycles. The molecule has 1 atom stereocenters. The minimum absolute atomic E-state index is 0.0885. The lowest BCUT2D eigenvalue weighted by Crippen LogP contribution is -2.30. The molecule has 6 heteroatoms. The molecule has 0 aromatic carbocycles. The maximum absolute atomic E-state index is 12.9. The topological polar surface area (TPSA) is 78.9 Å². The van der Waals surface area contributed by atoms with Gasteiger partial charge < -0.3 is 14.2 Å². The zero-order valence-electron chi connectivity index (χ0n) is 44.9. The standard InChI is InChI=1S/C62H108O6/c1-4-7-10-13-16-19-22-25-27-29-31-33-34-37-40-43-46-49-52-55-61(64)67-58-59(57-66-60(63)54-51-48-45-42-39-36-24-21-18-15-12-9-6-3)68-62(65)56-53-50-47-44-41-38-35-32-30-28-26-23-20-17-14-11-8-5-2/h9,12,15,18,21,23-24,26,28,30,32,35,59H,4-8,10-11,13-14,16-17,19-20,22,25,27,29,31,33-34,36-58H2,1-3H3/b12-9+,18-15+,24-21+,26-23+,30-28+,35-32+. The zero-order valence-corrected chi connectivity index (χ0v) is 44.9. The van der Waals surface area contributed by atoms with E-state index in [2.05, 4.69) is 93.7 Å². The van der Waals surface area contributed by atoms with Gasteiger partial charge >= 0.3 is 17.9 Å². The third-order valence-corrected chi connectivity index (χ3v) is 12.6. The molecular formula is C62H108O6. The Morgan fingerprint density at radius 2 is 0.574 bits per heavy atom. The molecule has 0 rings (SSSR count). The molecule has 0 amide bonds. The van der Waals surface area contributed by atoms with Crippen LogP contribution in [0.15, 0.2) is 72.9 Å². The maximum atomic E-state index is 12.9. The van der Waals surface area contributed by atoms with Gasteiger partial charge in [0.25, 0.3) is 0 Å². The Labute approximate surface area is 421 Å². The Morgan fingerprint density at radius 1 is 0.309 bits per heavy atom. The molecule has 68 heavy (non-hydrogen) atoms. The second-order valence-corrected chi connectivity index (χ2v) is 19.3. The van der Waals surface area contributed by atoms with Crippen LogP contribution in [0, 0.1) is 0 Å². The van der Waals surface area contributed by atoms with E-state index in [0.717, 1.165) is 109 Å². The van der Waals surface area contributed by atoms with Crippen LogP contribution in [0.4, 0.5) is 0 Å². The molecule has 6 nitrogen and oxygen atoms in total. The summed E-state index contributed by atoms with van der Waals surface area (Å²) >= 11 is 0. The highest BCUT2D eigenvalue weighted by atomic mass is 16.6. The minimum atomic E-state index is -0.794. The largest absolute Gasteiger partial charge is 0.462 e. The first-order valence-electron chi connectivity index (χ1n) is 29.0. The number of allylic oxidation sites excluding steroid dienone is 12. The summed E-state index contributed by atoms with van der Waals surface area (Å²) in [6.07, 6.45) is 71.8. The lowest BCUT2D eigenvalue weighted by Gasteiger charge is -2.18. The van der Waals surface area contributed by atoms with Crippen LogP contribution in [0.2, 0.25) is 0 Å². The van der Waals surface area contributed by atoms with Crippen molar-refractivity contribution >= 4 is 17.9 Å². The summed E-state index contributed by atoms with van der Waals surface area (Å²) in [6, 6.07) is 0. The van der Waals surface area contributed by atoms with Gasteiger partial charge in [-0.15, -0.1) is 0 Å². The molecule has 392 valence electrons. The molecule has 0 spiro atoms. The van der Waals surface area contributed by atoms with Gasteiger partial charge in [-0.05, 0) is 64.2 Å². The monoisotopic (exact) mass is 949 g/mol. The van der Waals surface area contributed by atoms with Gasteiger partial charge in [0.05, 0.1) is 0 Å². The van der Waals surface area contributed by atoms with Gasteiger partial charge in [-0.2, -0.15) is 0 Å². The molecule has 0 aromatic heterocycles. The highest BCUT2D eigenvalue weighted by Crippen LogP contribution is 2.16. The number of hydrogen-bond donors (Lipinski definition) is 0. The summed E-state index contributed by atoms with van der Waals surface area (Å²) in [5.41, 5.74) is 0. The van der Waals surface area contributed by atoms with Crippen LogP contribution < -0.4 is 0 Å². The molecule has 0 heterocycles. The van der Waals surface area contributed by atoms with Gasteiger partial charge in [-0.25, -0.2) is 0 Å². The molecule has 0 aliphatic heterocycles. The predicted molar refractivity (Wildman–Crippen MR) is 293 cm³/mol. The molecular weight excluding hydrogens is 841 g/mol. The molecule has 0 N–H and O–H groups in total. The molecule has 0 saturated carbocycles. The summed E-state index contributed by atoms with van der Waals surface area (Å²) in [7, 11) is 0. The van der Waals surface area contributed by atoms with E-state index in [-0.39, 0.29) is 31.1 Å². The molecule has 0 aliphatic rings. The number of unbranched alkanes of at least 4 members (excludes halogenated alkanes) is 33. The summed E-state index contributed by atoms with van der Waals surface area (Å²) in [5, 5.41) is 0. The van der Waals surface area contributed by atoms with Gasteiger partial charge in [0.15, 0.2) is 6.10 Å². The number of carbonyl (C=O) groups excluding carboxylic acids is 3. The van der Waals surface area contributed by atoms with Gasteiger partial charge in [-0.3, -0.25) is 14.4 Å². The fourth-order valence-electron chi connectivity index (χ4n) is 8.21. The third kappa shape index (κ3) is 53.8. The zero-order chi connectivity index (χ0) is 49.3. The SMILES string of the molecule is CC/C=C/C=C/C=C/CCCCCCCC(=O)OCC(COC(=O)CCCCCCCCCCCCCCCCCCCCC)OC(=O)CCCCCCC/C=C/C=C/C=C/CCCCCCC. The normalized spacial score (nSPS) is 12.6. The van der Waals surface area contributed by atoms with Gasteiger partial charge in [0, 0.05) is 19.3 Å². The molecule has 0 bridgehead atoms. The van der Waals surface area contributed by atoms with E-state index in [1.54, 1.807) is 0 Å². The molecule has 0 saturated heterocycles. The van der Waals surface area contributed by atoms with Crippen LogP contribution in [0.1, 0.15) is 284 Å². The third-order valence-electron chi connectivity index (χ3n) is 12.6. The van der Waals surface area contributed by atoms with Crippen molar-refractivity contribution < 1.29 is 28.6 Å². The van der Waals surface area contributed by atoms with E-state index in [4.69, 9.17) is 14.2 Å². The Balaban J connectivity index is 4.39. The molecule has 1 unspecified atom stereocenters. The number of rotatable bonds is 52. The fraction of sp³-hybridized carbons (Fsp3) is 0.758. The van der Waals surface area contributed by atoms with E-state index in [0.29, 0.717) is 19.3 Å². The Hall–Kier alpha value is -3.15. The second kappa shape index (κ2) is 56.4. The summed E-state index contributed by atoms with van der Waals surface area (Å²) < 4.78 is 16.8. The first kappa shape index (κ1) is 64.8. The van der Waals surface area contributed by atoms with Crippen molar-refractivity contribution in [2.24, 2.45) is 0 Å². The van der Waals surface area contributed by atoms with Crippen LogP contribution in [0.25, 0.3) is 0 Å². The first-order chi connectivity index (χ1) is 33.5. The van der Waals surface area contributed by atoms with Crippen molar-refractivity contribution in [2.75, 3.05) is 13.2 Å². The number of hydrogen-bond acceptors (Lipinski definition) is 6. The minimum Gasteiger partial charge on any atom is -0.462 e. The number of carbonyl (C=O) groups is 3. The quantitative estimate of drug-likeness (QED) is 0.0262. The first-order valence-corrected chi connectivity index (χ1v) is 29.0. The van der Waals surface area contributed by atoms with Gasteiger partial charge in [-0.1, -0.05) is 273 Å². The Kier molecular flexibility index (Phi) is 53.8. The van der Waals surface area contributed by atoms with Crippen LogP contribution in [0.5, 0.6) is 0 Å². The number of ether oxygens (including phenoxy) is 3. The average molecular weight is 950 g/mol. The summed E-state index contributed by atoms with van der Waals surface area (Å²) in [6.45, 7) is 6.48. The van der Waals surface area contributed by atoms with E-state index >= 15 is 0 Å². The van der Waals surface area contributed by atoms with Crippen LogP contribution in [-0.2, 0) is 28.6 Å². The van der Waals surface area contributed by atoms with E-state index in [9.17, 15) is 14.4 Å². The average Bonchev–Trinajstić information content (AvgIpc) is 3.34. The van der Waals surface area contributed by atoms with Crippen molar-refractivity contribution in [3.8, 4) is 0 Å². The van der Waals surface area contributed by atoms with E-state index < -0.39 is 6.10 Å². The van der Waals surface area contributed by atoms with Crippen LogP contribution in [-0.4, -0.2) is 37.2 Å². The van der Waals surface area contributed by atoms with Crippen molar-refractivity contribution in [1.29, 1.82) is 0 Å². The second-order valence-electron chi connectivity index (χ2n) is 19.3. The highest BCUT2D eigenvalue weighted by Gasteiger charge is 2.19. The van der Waals surface area contributed by atoms with Crippen molar-refractivity contribution in [3.05, 3.63) is 72.9 Å². The van der Waals surface area contributed by atoms with Gasteiger partial charge in [0.2, 0.25) is 0 Å². The molecule has 0 fully saturated rings. The fourth-order valence-corrected chi connectivity index (χ4v) is 8.21. The van der Waals surface area contributed by atoms with Crippen molar-refractivity contribution in [1.82, 2.24) is 0 Å². The Morgan fingerprint density at radius 3 is 0.882 bits per heavy atom. The number of esters is 3. The molecule has 0 radical (unpaired) electrons. The van der Waals surface area contributed by atoms with Crippen LogP contribution >= 0.6 is 0 Å². The van der Waals surface area contributed by atoms with Crippen LogP contribution in [0.3, 0.4) is 0 Å². The van der Waals surface area contributed by atoms with E-state index in [1.807, 2.05) is 0 Å². The van der Waals surface area contributed by atoms with Crippen molar-refractivity contribution in [2.45, 2.75) is 290 Å². The van der Waals surface area contributed by atoms with Crippen molar-refractivity contribution in [3.63, 3.8) is 0 Å². The van der Waals surface area contributed by atoms with E-state index in [1.165, 1.54) is 135 Å². The summed E-state index contributed by atoms with van der Waals surface area (Å²) in [5.74, 6) is -0.920. The van der Waals surface area contributed by atoms with Gasteiger partial charge in [0.1, 0.15) is 13.2 Å². The predicted octanol–water partition coefficient (Wildman–Crippen LogP) is 19.4. The molecule has 0 aromatic rings. The lowest BCUT2D eigenvalue weighted by molar-refractivity contribution is -0.167. The smallest absolute Gasteiger partial charge is 0.306 e. The summed E-state index contributed by atoms with van der Waals surface area (Å²) in [4.78, 5) is 38.1.